The molecule has 3 rings (SSSR count). The van der Waals surface area contributed by atoms with Gasteiger partial charge in [-0.3, -0.25) is 9.59 Å². The highest BCUT2D eigenvalue weighted by Crippen LogP contribution is 2.23. The van der Waals surface area contributed by atoms with Crippen molar-refractivity contribution >= 4 is 23.9 Å². The molecule has 3 unspecified atom stereocenters. The number of benzene rings is 2. The maximum absolute atomic E-state index is 13.1. The highest BCUT2D eigenvalue weighted by Gasteiger charge is 2.33. The van der Waals surface area contributed by atoms with Crippen LogP contribution in [-0.2, 0) is 25.5 Å². The molecule has 0 spiro atoms. The molecule has 1 aliphatic rings. The number of hydrogen-bond acceptors (Lipinski definition) is 5. The van der Waals surface area contributed by atoms with Crippen molar-refractivity contribution in [3.05, 3.63) is 71.8 Å². The number of aliphatic carboxylic acids is 1. The topological polar surface area (TPSA) is 134 Å². The predicted molar refractivity (Wildman–Crippen MR) is 137 cm³/mol. The van der Waals surface area contributed by atoms with E-state index in [0.717, 1.165) is 11.1 Å². The van der Waals surface area contributed by atoms with Crippen LogP contribution in [0.5, 0.6) is 0 Å². The third kappa shape index (κ3) is 8.63. The highest BCUT2D eigenvalue weighted by atomic mass is 16.6. The van der Waals surface area contributed by atoms with Gasteiger partial charge in [-0.05, 0) is 36.3 Å². The van der Waals surface area contributed by atoms with E-state index in [4.69, 9.17) is 4.74 Å². The first-order chi connectivity index (χ1) is 17.7. The first kappa shape index (κ1) is 27.7. The number of amides is 3. The third-order valence-corrected chi connectivity index (χ3v) is 6.30. The van der Waals surface area contributed by atoms with Crippen LogP contribution >= 0.6 is 0 Å². The Morgan fingerprint density at radius 2 is 1.65 bits per heavy atom. The summed E-state index contributed by atoms with van der Waals surface area (Å²) in [5.41, 5.74) is 1.80. The molecule has 2 aromatic rings. The smallest absolute Gasteiger partial charge is 0.408 e. The summed E-state index contributed by atoms with van der Waals surface area (Å²) in [4.78, 5) is 49.8. The first-order valence-corrected chi connectivity index (χ1v) is 12.6. The first-order valence-electron chi connectivity index (χ1n) is 12.6. The molecule has 1 heterocycles. The molecule has 3 amide bonds. The van der Waals surface area contributed by atoms with E-state index in [-0.39, 0.29) is 24.7 Å². The molecule has 0 radical (unpaired) electrons. The minimum Gasteiger partial charge on any atom is -0.480 e. The Bertz CT molecular complexity index is 1060. The fourth-order valence-corrected chi connectivity index (χ4v) is 4.38. The van der Waals surface area contributed by atoms with Crippen molar-refractivity contribution in [3.8, 4) is 0 Å². The summed E-state index contributed by atoms with van der Waals surface area (Å²) < 4.78 is 5.78. The Morgan fingerprint density at radius 3 is 2.22 bits per heavy atom. The normalized spacial score (nSPS) is 17.4. The van der Waals surface area contributed by atoms with Gasteiger partial charge in [0.1, 0.15) is 18.2 Å². The summed E-state index contributed by atoms with van der Waals surface area (Å²) in [7, 11) is 0. The van der Waals surface area contributed by atoms with E-state index in [1.807, 2.05) is 74.5 Å². The molecule has 0 bridgehead atoms. The molecule has 2 aromatic carbocycles. The molecule has 37 heavy (non-hydrogen) atoms. The van der Waals surface area contributed by atoms with Gasteiger partial charge in [0, 0.05) is 18.9 Å². The molecule has 0 aromatic heterocycles. The van der Waals surface area contributed by atoms with Crippen LogP contribution in [0.1, 0.15) is 50.3 Å². The van der Waals surface area contributed by atoms with Crippen LogP contribution in [0.15, 0.2) is 60.7 Å². The second-order valence-electron chi connectivity index (χ2n) is 9.73. The fourth-order valence-electron chi connectivity index (χ4n) is 4.38. The molecule has 4 N–H and O–H groups in total. The lowest BCUT2D eigenvalue weighted by Crippen LogP contribution is -2.52. The number of carbonyl (C=O) groups excluding carboxylic acids is 3. The van der Waals surface area contributed by atoms with Gasteiger partial charge < -0.3 is 25.8 Å². The molecule has 9 heteroatoms. The maximum Gasteiger partial charge on any atom is 0.408 e. The van der Waals surface area contributed by atoms with Gasteiger partial charge in [-0.25, -0.2) is 9.59 Å². The van der Waals surface area contributed by atoms with E-state index >= 15 is 0 Å². The van der Waals surface area contributed by atoms with Gasteiger partial charge in [0.2, 0.25) is 11.8 Å². The number of carboxylic acids is 1. The Hall–Kier alpha value is -3.88. The van der Waals surface area contributed by atoms with Crippen molar-refractivity contribution < 1.29 is 29.0 Å². The highest BCUT2D eigenvalue weighted by molar-refractivity contribution is 5.90. The second-order valence-corrected chi connectivity index (χ2v) is 9.73. The summed E-state index contributed by atoms with van der Waals surface area (Å²) >= 11 is 0. The van der Waals surface area contributed by atoms with Gasteiger partial charge in [0.15, 0.2) is 0 Å². The molecule has 1 fully saturated rings. The van der Waals surface area contributed by atoms with E-state index < -0.39 is 42.1 Å². The van der Waals surface area contributed by atoms with Gasteiger partial charge in [-0.15, -0.1) is 0 Å². The second kappa shape index (κ2) is 13.4. The maximum atomic E-state index is 13.1. The van der Waals surface area contributed by atoms with Crippen LogP contribution in [-0.4, -0.2) is 47.6 Å². The van der Waals surface area contributed by atoms with Crippen molar-refractivity contribution in [2.75, 3.05) is 6.54 Å². The van der Waals surface area contributed by atoms with Crippen LogP contribution in [0.25, 0.3) is 0 Å². The zero-order chi connectivity index (χ0) is 26.8. The Kier molecular flexibility index (Phi) is 10.1. The van der Waals surface area contributed by atoms with Gasteiger partial charge in [-0.1, -0.05) is 74.5 Å². The van der Waals surface area contributed by atoms with Crippen molar-refractivity contribution in [1.29, 1.82) is 0 Å². The van der Waals surface area contributed by atoms with E-state index in [0.29, 0.717) is 19.4 Å². The van der Waals surface area contributed by atoms with E-state index in [9.17, 15) is 24.3 Å². The molecule has 0 aliphatic carbocycles. The van der Waals surface area contributed by atoms with Gasteiger partial charge in [0.05, 0.1) is 0 Å². The monoisotopic (exact) mass is 509 g/mol. The predicted octanol–water partition coefficient (Wildman–Crippen LogP) is 3.21. The minimum atomic E-state index is -1.25. The number of alkyl carbamates (subject to hydrolysis) is 1. The molecular formula is C28H35N3O6. The largest absolute Gasteiger partial charge is 0.480 e. The SMILES string of the molecule is CC(C)CC(NC(=O)OC(Cc1ccccc1)c1ccccc1)C(=O)NC(C[C@@H]1CCNC1=O)C(=O)O. The number of nitrogens with one attached hydrogen (secondary N) is 3. The van der Waals surface area contributed by atoms with Crippen LogP contribution < -0.4 is 16.0 Å². The lowest BCUT2D eigenvalue weighted by atomic mass is 9.97. The number of hydrogen-bond donors (Lipinski definition) is 4. The van der Waals surface area contributed by atoms with Gasteiger partial charge >= 0.3 is 12.1 Å². The summed E-state index contributed by atoms with van der Waals surface area (Å²) in [6, 6.07) is 16.7. The zero-order valence-electron chi connectivity index (χ0n) is 21.2. The van der Waals surface area contributed by atoms with Crippen LogP contribution in [0.3, 0.4) is 0 Å². The molecular weight excluding hydrogens is 474 g/mol. The number of rotatable bonds is 12. The van der Waals surface area contributed by atoms with Gasteiger partial charge in [-0.2, -0.15) is 0 Å². The average Bonchev–Trinajstić information content (AvgIpc) is 3.27. The summed E-state index contributed by atoms with van der Waals surface area (Å²) in [6.45, 7) is 4.28. The molecule has 198 valence electrons. The van der Waals surface area contributed by atoms with Crippen LogP contribution in [0.4, 0.5) is 4.79 Å². The molecule has 4 atom stereocenters. The van der Waals surface area contributed by atoms with Crippen molar-refractivity contribution in [2.24, 2.45) is 11.8 Å². The standard InChI is InChI=1S/C28H35N3O6/c1-18(2)15-22(26(33)30-23(27(34)35)17-21-13-14-29-25(21)32)31-28(36)37-24(20-11-7-4-8-12-20)16-19-9-5-3-6-10-19/h3-12,18,21-24H,13-17H2,1-2H3,(H,29,32)(H,30,33)(H,31,36)(H,34,35)/t21-,22?,23?,24?/m0/s1. The Labute approximate surface area is 217 Å². The minimum absolute atomic E-state index is 0.0150. The van der Waals surface area contributed by atoms with E-state index in [2.05, 4.69) is 16.0 Å². The zero-order valence-corrected chi connectivity index (χ0v) is 21.2. The van der Waals surface area contributed by atoms with E-state index in [1.165, 1.54) is 0 Å². The lowest BCUT2D eigenvalue weighted by molar-refractivity contribution is -0.143. The number of carboxylic acid groups (broad SMARTS) is 1. The summed E-state index contributed by atoms with van der Waals surface area (Å²) in [6.07, 6.45) is -0.123. The fraction of sp³-hybridized carbons (Fsp3) is 0.429. The number of ether oxygens (including phenoxy) is 1. The number of carbonyl (C=O) groups is 4. The van der Waals surface area contributed by atoms with Crippen molar-refractivity contribution in [2.45, 2.75) is 57.7 Å². The Balaban J connectivity index is 1.69. The average molecular weight is 510 g/mol. The third-order valence-electron chi connectivity index (χ3n) is 6.30. The molecule has 9 nitrogen and oxygen atoms in total. The van der Waals surface area contributed by atoms with Crippen molar-refractivity contribution in [1.82, 2.24) is 16.0 Å². The van der Waals surface area contributed by atoms with E-state index in [1.54, 1.807) is 0 Å². The van der Waals surface area contributed by atoms with Crippen LogP contribution in [0.2, 0.25) is 0 Å². The van der Waals surface area contributed by atoms with Gasteiger partial charge in [0.25, 0.3) is 0 Å². The van der Waals surface area contributed by atoms with Crippen molar-refractivity contribution in [3.63, 3.8) is 0 Å². The molecule has 1 aliphatic heterocycles. The molecule has 1 saturated heterocycles. The molecule has 0 saturated carbocycles. The summed E-state index contributed by atoms with van der Waals surface area (Å²) in [5, 5.41) is 17.5. The lowest BCUT2D eigenvalue weighted by Gasteiger charge is -2.25. The Morgan fingerprint density at radius 1 is 1.00 bits per heavy atom. The van der Waals surface area contributed by atoms with Crippen LogP contribution in [0, 0.1) is 11.8 Å². The summed E-state index contributed by atoms with van der Waals surface area (Å²) in [5.74, 6) is -2.52. The quantitative estimate of drug-likeness (QED) is 0.347.